The fraction of sp³-hybridized carbons (Fsp3) is 0.0741. The van der Waals surface area contributed by atoms with Crippen LogP contribution in [0.25, 0.3) is 11.8 Å². The molecule has 1 aromatic heterocycles. The summed E-state index contributed by atoms with van der Waals surface area (Å²) in [6.45, 7) is 1.56. The number of benzene rings is 3. The van der Waals surface area contributed by atoms with E-state index in [1.165, 1.54) is 7.11 Å². The maximum absolute atomic E-state index is 11.9. The molecule has 0 saturated carbocycles. The molecule has 4 aromatic rings. The summed E-state index contributed by atoms with van der Waals surface area (Å²) in [7, 11) is 1.37. The molecule has 33 heavy (non-hydrogen) atoms. The standard InChI is InChI=1S/C27H23BN2O3/c1-20-18-30-25(19-29-20)17-26(21-13-15-22(16-14-21)27(31)32-2)33-28(23-9-5-3-6-10-23)24-11-7-4-8-12-24/h3-19H,1-2H3/b26-17+. The van der Waals surface area contributed by atoms with E-state index in [0.717, 1.165) is 22.2 Å². The van der Waals surface area contributed by atoms with Crippen molar-refractivity contribution in [1.29, 1.82) is 0 Å². The van der Waals surface area contributed by atoms with Crippen LogP contribution < -0.4 is 10.9 Å². The third-order valence-electron chi connectivity index (χ3n) is 5.12. The molecular weight excluding hydrogens is 411 g/mol. The van der Waals surface area contributed by atoms with Crippen LogP contribution in [-0.4, -0.2) is 30.0 Å². The van der Waals surface area contributed by atoms with E-state index in [4.69, 9.17) is 9.39 Å². The molecule has 3 aromatic carbocycles. The fourth-order valence-electron chi connectivity index (χ4n) is 3.40. The molecule has 162 valence electrons. The van der Waals surface area contributed by atoms with Gasteiger partial charge in [-0.25, -0.2) is 4.79 Å². The Bertz CT molecular complexity index is 1190. The van der Waals surface area contributed by atoms with E-state index in [1.54, 1.807) is 24.5 Å². The molecule has 0 aliphatic rings. The van der Waals surface area contributed by atoms with Crippen LogP contribution >= 0.6 is 0 Å². The summed E-state index contributed by atoms with van der Waals surface area (Å²) in [4.78, 5) is 20.7. The van der Waals surface area contributed by atoms with Gasteiger partial charge in [-0.2, -0.15) is 0 Å². The van der Waals surface area contributed by atoms with Crippen LogP contribution in [0.4, 0.5) is 0 Å². The van der Waals surface area contributed by atoms with E-state index in [9.17, 15) is 4.79 Å². The quantitative estimate of drug-likeness (QED) is 0.251. The van der Waals surface area contributed by atoms with E-state index in [0.29, 0.717) is 17.0 Å². The van der Waals surface area contributed by atoms with Gasteiger partial charge >= 0.3 is 12.9 Å². The average molecular weight is 434 g/mol. The number of aromatic nitrogens is 2. The van der Waals surface area contributed by atoms with Gasteiger partial charge in [-0.05, 0) is 30.0 Å². The first kappa shape index (κ1) is 22.0. The van der Waals surface area contributed by atoms with Crippen molar-refractivity contribution in [2.45, 2.75) is 6.92 Å². The van der Waals surface area contributed by atoms with Crippen LogP contribution in [0.2, 0.25) is 0 Å². The van der Waals surface area contributed by atoms with Gasteiger partial charge in [-0.1, -0.05) is 72.8 Å². The Morgan fingerprint density at radius 3 is 1.88 bits per heavy atom. The molecule has 0 N–H and O–H groups in total. The van der Waals surface area contributed by atoms with Crippen molar-refractivity contribution < 1.29 is 14.2 Å². The first-order valence-corrected chi connectivity index (χ1v) is 10.6. The number of rotatable bonds is 7. The summed E-state index contributed by atoms with van der Waals surface area (Å²) in [6.07, 6.45) is 5.29. The van der Waals surface area contributed by atoms with Crippen molar-refractivity contribution in [2.24, 2.45) is 0 Å². The van der Waals surface area contributed by atoms with Crippen LogP contribution in [0, 0.1) is 6.92 Å². The van der Waals surface area contributed by atoms with Gasteiger partial charge in [0, 0.05) is 17.8 Å². The molecule has 0 radical (unpaired) electrons. The van der Waals surface area contributed by atoms with Crippen LogP contribution in [0.5, 0.6) is 0 Å². The second kappa shape index (κ2) is 10.4. The Hall–Kier alpha value is -4.19. The van der Waals surface area contributed by atoms with E-state index in [2.05, 4.69) is 9.97 Å². The molecule has 0 aliphatic carbocycles. The van der Waals surface area contributed by atoms with Crippen LogP contribution in [0.15, 0.2) is 97.3 Å². The minimum Gasteiger partial charge on any atom is -0.551 e. The minimum absolute atomic E-state index is 0.336. The van der Waals surface area contributed by atoms with E-state index in [1.807, 2.05) is 85.8 Å². The summed E-state index contributed by atoms with van der Waals surface area (Å²) in [6, 6.07) is 27.2. The zero-order valence-corrected chi connectivity index (χ0v) is 18.5. The molecule has 4 rings (SSSR count). The lowest BCUT2D eigenvalue weighted by Gasteiger charge is -2.20. The van der Waals surface area contributed by atoms with E-state index >= 15 is 0 Å². The predicted molar refractivity (Wildman–Crippen MR) is 131 cm³/mol. The van der Waals surface area contributed by atoms with Gasteiger partial charge in [0.1, 0.15) is 5.76 Å². The summed E-state index contributed by atoms with van der Waals surface area (Å²) >= 11 is 0. The molecule has 5 nitrogen and oxygen atoms in total. The lowest BCUT2D eigenvalue weighted by atomic mass is 9.55. The fourth-order valence-corrected chi connectivity index (χ4v) is 3.40. The molecule has 0 fully saturated rings. The smallest absolute Gasteiger partial charge is 0.426 e. The van der Waals surface area contributed by atoms with Crippen molar-refractivity contribution in [2.75, 3.05) is 7.11 Å². The molecule has 1 heterocycles. The second-order valence-electron chi connectivity index (χ2n) is 7.48. The average Bonchev–Trinajstić information content (AvgIpc) is 2.88. The number of esters is 1. The minimum atomic E-state index is -0.385. The Morgan fingerprint density at radius 2 is 1.36 bits per heavy atom. The van der Waals surface area contributed by atoms with Gasteiger partial charge in [0.15, 0.2) is 0 Å². The second-order valence-corrected chi connectivity index (χ2v) is 7.48. The van der Waals surface area contributed by atoms with Crippen LogP contribution in [0.3, 0.4) is 0 Å². The van der Waals surface area contributed by atoms with E-state index < -0.39 is 0 Å². The largest absolute Gasteiger partial charge is 0.551 e. The highest BCUT2D eigenvalue weighted by Crippen LogP contribution is 2.21. The lowest BCUT2D eigenvalue weighted by molar-refractivity contribution is 0.0600. The summed E-state index contributed by atoms with van der Waals surface area (Å²) in [5, 5.41) is 0. The third-order valence-corrected chi connectivity index (χ3v) is 5.12. The van der Waals surface area contributed by atoms with Crippen molar-refractivity contribution in [3.05, 3.63) is 120 Å². The SMILES string of the molecule is COC(=O)c1ccc(/C(=C\c2cnc(C)cn2)OB(c2ccccc2)c2ccccc2)cc1. The number of hydrogen-bond donors (Lipinski definition) is 0. The van der Waals surface area contributed by atoms with Gasteiger partial charge in [-0.3, -0.25) is 9.97 Å². The maximum Gasteiger partial charge on any atom is 0.426 e. The van der Waals surface area contributed by atoms with E-state index in [-0.39, 0.29) is 12.9 Å². The highest BCUT2D eigenvalue weighted by Gasteiger charge is 2.25. The van der Waals surface area contributed by atoms with Crippen molar-refractivity contribution >= 4 is 35.6 Å². The molecule has 0 unspecified atom stereocenters. The lowest BCUT2D eigenvalue weighted by Crippen LogP contribution is -2.44. The Kier molecular flexibility index (Phi) is 6.95. The predicted octanol–water partition coefficient (Wildman–Crippen LogP) is 3.89. The van der Waals surface area contributed by atoms with Gasteiger partial charge in [0.2, 0.25) is 0 Å². The molecular formula is C27H23BN2O3. The first-order chi connectivity index (χ1) is 16.1. The number of hydrogen-bond acceptors (Lipinski definition) is 5. The monoisotopic (exact) mass is 434 g/mol. The van der Waals surface area contributed by atoms with Crippen LogP contribution in [-0.2, 0) is 9.39 Å². The number of ether oxygens (including phenoxy) is 1. The van der Waals surface area contributed by atoms with Crippen molar-refractivity contribution in [1.82, 2.24) is 9.97 Å². The molecule has 0 bridgehead atoms. The number of aryl methyl sites for hydroxylation is 1. The van der Waals surface area contributed by atoms with Gasteiger partial charge in [0.05, 0.1) is 30.3 Å². The van der Waals surface area contributed by atoms with Crippen molar-refractivity contribution in [3.8, 4) is 0 Å². The normalized spacial score (nSPS) is 11.0. The molecule has 0 aliphatic heterocycles. The topological polar surface area (TPSA) is 61.3 Å². The maximum atomic E-state index is 11.9. The Balaban J connectivity index is 1.77. The van der Waals surface area contributed by atoms with Gasteiger partial charge in [0.25, 0.3) is 0 Å². The summed E-state index contributed by atoms with van der Waals surface area (Å²) in [5.74, 6) is 0.228. The number of carbonyl (C=O) groups is 1. The zero-order valence-electron chi connectivity index (χ0n) is 18.5. The van der Waals surface area contributed by atoms with Crippen molar-refractivity contribution in [3.63, 3.8) is 0 Å². The number of methoxy groups -OCH3 is 1. The molecule has 0 saturated heterocycles. The van der Waals surface area contributed by atoms with Gasteiger partial charge < -0.3 is 9.39 Å². The Labute approximate surface area is 193 Å². The molecule has 0 atom stereocenters. The third kappa shape index (κ3) is 5.55. The molecule has 0 spiro atoms. The molecule has 6 heteroatoms. The number of carbonyl (C=O) groups excluding carboxylic acids is 1. The highest BCUT2D eigenvalue weighted by molar-refractivity contribution is 6.80. The summed E-state index contributed by atoms with van der Waals surface area (Å²) < 4.78 is 11.5. The first-order valence-electron chi connectivity index (χ1n) is 10.6. The number of nitrogens with zero attached hydrogens (tertiary/aromatic N) is 2. The van der Waals surface area contributed by atoms with Gasteiger partial charge in [-0.15, -0.1) is 0 Å². The highest BCUT2D eigenvalue weighted by atomic mass is 16.5. The van der Waals surface area contributed by atoms with Crippen LogP contribution in [0.1, 0.15) is 27.3 Å². The zero-order chi connectivity index (χ0) is 23.0. The Morgan fingerprint density at radius 1 is 0.788 bits per heavy atom. The summed E-state index contributed by atoms with van der Waals surface area (Å²) in [5.41, 5.74) is 4.84. The molecule has 0 amide bonds.